The average molecular weight is 273 g/mol. The van der Waals surface area contributed by atoms with Gasteiger partial charge in [-0.25, -0.2) is 9.59 Å². The van der Waals surface area contributed by atoms with Crippen molar-refractivity contribution in [2.45, 2.75) is 58.3 Å². The van der Waals surface area contributed by atoms with Crippen LogP contribution in [0.5, 0.6) is 0 Å². The topological polar surface area (TPSA) is 76.1 Å². The van der Waals surface area contributed by atoms with E-state index in [1.165, 1.54) is 4.90 Å². The molecule has 6 nitrogen and oxygen atoms in total. The van der Waals surface area contributed by atoms with Crippen LogP contribution in [0.4, 0.5) is 4.79 Å². The molecule has 1 unspecified atom stereocenters. The van der Waals surface area contributed by atoms with E-state index in [-0.39, 0.29) is 13.2 Å². The van der Waals surface area contributed by atoms with Gasteiger partial charge in [0.1, 0.15) is 11.6 Å². The summed E-state index contributed by atoms with van der Waals surface area (Å²) in [7, 11) is 0. The van der Waals surface area contributed by atoms with Crippen molar-refractivity contribution in [2.75, 3.05) is 13.2 Å². The molecule has 0 saturated carbocycles. The van der Waals surface area contributed by atoms with Crippen molar-refractivity contribution < 1.29 is 24.2 Å². The Hall–Kier alpha value is -1.30. The number of aliphatic hydroxyl groups excluding tert-OH is 1. The zero-order valence-electron chi connectivity index (χ0n) is 12.0. The molecule has 0 aromatic carbocycles. The molecule has 1 aliphatic heterocycles. The lowest BCUT2D eigenvalue weighted by atomic mass is 10.0. The highest BCUT2D eigenvalue weighted by Gasteiger charge is 2.38. The summed E-state index contributed by atoms with van der Waals surface area (Å²) >= 11 is 0. The number of rotatable bonds is 2. The van der Waals surface area contributed by atoms with Crippen LogP contribution < -0.4 is 0 Å². The van der Waals surface area contributed by atoms with Crippen LogP contribution in [-0.4, -0.2) is 53.0 Å². The summed E-state index contributed by atoms with van der Waals surface area (Å²) in [4.78, 5) is 25.2. The van der Waals surface area contributed by atoms with Crippen molar-refractivity contribution in [3.05, 3.63) is 0 Å². The van der Waals surface area contributed by atoms with E-state index in [0.29, 0.717) is 12.8 Å². The van der Waals surface area contributed by atoms with E-state index in [0.717, 1.165) is 0 Å². The van der Waals surface area contributed by atoms with Crippen molar-refractivity contribution in [1.29, 1.82) is 0 Å². The van der Waals surface area contributed by atoms with Crippen LogP contribution >= 0.6 is 0 Å². The Morgan fingerprint density at radius 2 is 1.95 bits per heavy atom. The molecule has 0 aromatic rings. The van der Waals surface area contributed by atoms with Gasteiger partial charge in [0, 0.05) is 0 Å². The molecule has 0 aliphatic carbocycles. The fraction of sp³-hybridized carbons (Fsp3) is 0.846. The van der Waals surface area contributed by atoms with Gasteiger partial charge in [0.2, 0.25) is 0 Å². The highest BCUT2D eigenvalue weighted by atomic mass is 16.6. The first-order chi connectivity index (χ1) is 8.74. The van der Waals surface area contributed by atoms with Crippen LogP contribution in [0.3, 0.4) is 0 Å². The normalized spacial score (nSPS) is 23.9. The van der Waals surface area contributed by atoms with Crippen molar-refractivity contribution in [3.8, 4) is 0 Å². The minimum absolute atomic E-state index is 0.0956. The summed E-state index contributed by atoms with van der Waals surface area (Å²) in [6.45, 7) is 7.34. The maximum atomic E-state index is 12.1. The molecule has 0 bridgehead atoms. The van der Waals surface area contributed by atoms with Gasteiger partial charge in [-0.05, 0) is 40.5 Å². The number of nitrogens with zero attached hydrogens (tertiary/aromatic N) is 1. The smallest absolute Gasteiger partial charge is 0.411 e. The first kappa shape index (κ1) is 15.8. The van der Waals surface area contributed by atoms with E-state index in [4.69, 9.17) is 9.47 Å². The summed E-state index contributed by atoms with van der Waals surface area (Å²) in [5, 5.41) is 9.65. The Balaban J connectivity index is 2.78. The van der Waals surface area contributed by atoms with Gasteiger partial charge in [-0.15, -0.1) is 0 Å². The number of β-amino-alcohol motifs (C(OH)–C–C–N with tert-alkyl or cyclic N) is 1. The van der Waals surface area contributed by atoms with Gasteiger partial charge >= 0.3 is 12.1 Å². The number of ether oxygens (including phenoxy) is 2. The molecule has 1 fully saturated rings. The van der Waals surface area contributed by atoms with Crippen LogP contribution in [0.15, 0.2) is 0 Å². The van der Waals surface area contributed by atoms with Crippen LogP contribution in [0.2, 0.25) is 0 Å². The number of piperidine rings is 1. The number of esters is 1. The number of carbonyl (C=O) groups is 2. The standard InChI is InChI=1S/C13H23NO5/c1-5-18-11(16)10-7-6-9(15)8-14(10)12(17)19-13(2,3)4/h9-10,15H,5-8H2,1-4H3/t9-,10?/m0/s1. The third kappa shape index (κ3) is 4.70. The van der Waals surface area contributed by atoms with Gasteiger partial charge in [-0.2, -0.15) is 0 Å². The highest BCUT2D eigenvalue weighted by Crippen LogP contribution is 2.21. The molecule has 1 heterocycles. The van der Waals surface area contributed by atoms with E-state index in [1.807, 2.05) is 0 Å². The summed E-state index contributed by atoms with van der Waals surface area (Å²) < 4.78 is 10.2. The monoisotopic (exact) mass is 273 g/mol. The zero-order chi connectivity index (χ0) is 14.6. The van der Waals surface area contributed by atoms with Crippen molar-refractivity contribution in [3.63, 3.8) is 0 Å². The average Bonchev–Trinajstić information content (AvgIpc) is 2.26. The maximum Gasteiger partial charge on any atom is 0.411 e. The van der Waals surface area contributed by atoms with Gasteiger partial charge in [-0.1, -0.05) is 0 Å². The summed E-state index contributed by atoms with van der Waals surface area (Å²) in [6.07, 6.45) is -0.357. The predicted molar refractivity (Wildman–Crippen MR) is 68.6 cm³/mol. The molecule has 0 spiro atoms. The van der Waals surface area contributed by atoms with Crippen LogP contribution in [0.25, 0.3) is 0 Å². The van der Waals surface area contributed by atoms with E-state index < -0.39 is 29.8 Å². The van der Waals surface area contributed by atoms with Gasteiger partial charge < -0.3 is 14.6 Å². The quantitative estimate of drug-likeness (QED) is 0.768. The van der Waals surface area contributed by atoms with E-state index in [1.54, 1.807) is 27.7 Å². The fourth-order valence-corrected chi connectivity index (χ4v) is 1.96. The number of carbonyl (C=O) groups excluding carboxylic acids is 2. The molecular weight excluding hydrogens is 250 g/mol. The van der Waals surface area contributed by atoms with E-state index in [2.05, 4.69) is 0 Å². The largest absolute Gasteiger partial charge is 0.464 e. The Morgan fingerprint density at radius 3 is 2.47 bits per heavy atom. The Morgan fingerprint density at radius 1 is 1.32 bits per heavy atom. The fourth-order valence-electron chi connectivity index (χ4n) is 1.96. The van der Waals surface area contributed by atoms with Crippen molar-refractivity contribution in [2.24, 2.45) is 0 Å². The first-order valence-corrected chi connectivity index (χ1v) is 6.59. The van der Waals surface area contributed by atoms with Gasteiger partial charge in [0.15, 0.2) is 0 Å². The minimum atomic E-state index is -0.668. The lowest BCUT2D eigenvalue weighted by Crippen LogP contribution is -2.53. The third-order valence-electron chi connectivity index (χ3n) is 2.74. The summed E-state index contributed by atoms with van der Waals surface area (Å²) in [5.41, 5.74) is -0.640. The number of hydrogen-bond acceptors (Lipinski definition) is 5. The second kappa shape index (κ2) is 6.23. The number of likely N-dealkylation sites (tertiary alicyclic amines) is 1. The minimum Gasteiger partial charge on any atom is -0.464 e. The van der Waals surface area contributed by atoms with Crippen molar-refractivity contribution >= 4 is 12.1 Å². The van der Waals surface area contributed by atoms with Gasteiger partial charge in [0.05, 0.1) is 19.3 Å². The molecule has 1 N–H and O–H groups in total. The Kier molecular flexibility index (Phi) is 5.17. The molecule has 1 aliphatic rings. The molecule has 2 atom stereocenters. The van der Waals surface area contributed by atoms with E-state index in [9.17, 15) is 14.7 Å². The van der Waals surface area contributed by atoms with Crippen LogP contribution in [-0.2, 0) is 14.3 Å². The lowest BCUT2D eigenvalue weighted by molar-refractivity contribution is -0.152. The summed E-state index contributed by atoms with van der Waals surface area (Å²) in [5.74, 6) is -0.444. The second-order valence-corrected chi connectivity index (χ2v) is 5.63. The third-order valence-corrected chi connectivity index (χ3v) is 2.74. The molecule has 110 valence electrons. The van der Waals surface area contributed by atoms with Crippen molar-refractivity contribution in [1.82, 2.24) is 4.90 Å². The molecule has 1 rings (SSSR count). The summed E-state index contributed by atoms with van der Waals surface area (Å²) in [6, 6.07) is -0.668. The molecular formula is C13H23NO5. The Labute approximate surface area is 113 Å². The molecule has 6 heteroatoms. The van der Waals surface area contributed by atoms with Crippen LogP contribution in [0, 0.1) is 0 Å². The first-order valence-electron chi connectivity index (χ1n) is 6.59. The van der Waals surface area contributed by atoms with Gasteiger partial charge in [-0.3, -0.25) is 4.90 Å². The molecule has 19 heavy (non-hydrogen) atoms. The molecule has 1 amide bonds. The maximum absolute atomic E-state index is 12.1. The van der Waals surface area contributed by atoms with E-state index >= 15 is 0 Å². The lowest BCUT2D eigenvalue weighted by Gasteiger charge is -2.37. The number of hydrogen-bond donors (Lipinski definition) is 1. The van der Waals surface area contributed by atoms with Gasteiger partial charge in [0.25, 0.3) is 0 Å². The highest BCUT2D eigenvalue weighted by molar-refractivity contribution is 5.81. The Bertz CT molecular complexity index is 336. The number of amides is 1. The predicted octanol–water partition coefficient (Wildman–Crippen LogP) is 1.31. The molecule has 0 radical (unpaired) electrons. The zero-order valence-corrected chi connectivity index (χ0v) is 12.0. The second-order valence-electron chi connectivity index (χ2n) is 5.63. The molecule has 1 saturated heterocycles. The molecule has 0 aromatic heterocycles. The van der Waals surface area contributed by atoms with Crippen LogP contribution in [0.1, 0.15) is 40.5 Å². The number of aliphatic hydroxyl groups is 1. The SMILES string of the molecule is CCOC(=O)C1CC[C@H](O)CN1C(=O)OC(C)(C)C.